The number of aliphatic hydroxyl groups excluding tert-OH is 1. The summed E-state index contributed by atoms with van der Waals surface area (Å²) < 4.78 is 12.6. The lowest BCUT2D eigenvalue weighted by Crippen LogP contribution is -2.45. The number of ether oxygens (including phenoxy) is 2. The van der Waals surface area contributed by atoms with Crippen molar-refractivity contribution in [3.8, 4) is 17.3 Å². The molecule has 11 heteroatoms. The minimum atomic E-state index is -1.68. The Hall–Kier alpha value is -4.64. The molecule has 1 heterocycles. The number of methoxy groups -OCH3 is 1. The zero-order valence-electron chi connectivity index (χ0n) is 20.0. The maximum atomic E-state index is 12.7. The molecule has 0 aliphatic carbocycles. The smallest absolute Gasteiger partial charge is 0.326 e. The predicted molar refractivity (Wildman–Crippen MR) is 131 cm³/mol. The number of hydrogen-bond donors (Lipinski definition) is 4. The van der Waals surface area contributed by atoms with Crippen molar-refractivity contribution < 1.29 is 39.2 Å². The Morgan fingerprint density at radius 2 is 1.78 bits per heavy atom. The van der Waals surface area contributed by atoms with Crippen LogP contribution in [0.2, 0.25) is 0 Å². The van der Waals surface area contributed by atoms with E-state index in [1.807, 2.05) is 18.2 Å². The summed E-state index contributed by atoms with van der Waals surface area (Å²) in [6.07, 6.45) is -1.21. The van der Waals surface area contributed by atoms with Gasteiger partial charge in [0.2, 0.25) is 11.8 Å². The summed E-state index contributed by atoms with van der Waals surface area (Å²) in [6, 6.07) is 16.1. The Kier molecular flexibility index (Phi) is 9.00. The fourth-order valence-electron chi connectivity index (χ4n) is 3.47. The SMILES string of the molecule is C=CC(C(=O)NC(CC(=O)O)C(=O)O)[C@H](O)c1cc(OCc2ccc(OC)cc2)n(-c2ccccc2)n1. The van der Waals surface area contributed by atoms with Gasteiger partial charge >= 0.3 is 11.9 Å². The van der Waals surface area contributed by atoms with Gasteiger partial charge in [-0.25, -0.2) is 9.48 Å². The van der Waals surface area contributed by atoms with Gasteiger partial charge in [-0.2, -0.15) is 5.10 Å². The second kappa shape index (κ2) is 12.4. The first-order chi connectivity index (χ1) is 17.7. The molecule has 2 aromatic carbocycles. The maximum Gasteiger partial charge on any atom is 0.326 e. The van der Waals surface area contributed by atoms with Crippen LogP contribution in [-0.4, -0.2) is 56.1 Å². The van der Waals surface area contributed by atoms with Crippen molar-refractivity contribution in [2.24, 2.45) is 5.92 Å². The van der Waals surface area contributed by atoms with Crippen LogP contribution in [0.3, 0.4) is 0 Å². The van der Waals surface area contributed by atoms with Crippen LogP contribution in [0.25, 0.3) is 5.69 Å². The molecule has 3 rings (SSSR count). The number of carbonyl (C=O) groups is 3. The number of nitrogens with one attached hydrogen (secondary N) is 1. The molecule has 2 unspecified atom stereocenters. The van der Waals surface area contributed by atoms with Gasteiger partial charge in [0.05, 0.1) is 30.8 Å². The van der Waals surface area contributed by atoms with Crippen LogP contribution in [0.4, 0.5) is 0 Å². The summed E-state index contributed by atoms with van der Waals surface area (Å²) in [5.74, 6) is -4.16. The molecule has 37 heavy (non-hydrogen) atoms. The molecule has 0 spiro atoms. The van der Waals surface area contributed by atoms with Crippen molar-refractivity contribution in [3.63, 3.8) is 0 Å². The Bertz CT molecular complexity index is 1240. The molecule has 4 N–H and O–H groups in total. The molecule has 0 saturated heterocycles. The fraction of sp³-hybridized carbons (Fsp3) is 0.231. The van der Waals surface area contributed by atoms with Crippen LogP contribution in [0.15, 0.2) is 73.3 Å². The highest BCUT2D eigenvalue weighted by Gasteiger charge is 2.32. The largest absolute Gasteiger partial charge is 0.497 e. The van der Waals surface area contributed by atoms with Gasteiger partial charge < -0.3 is 30.1 Å². The quantitative estimate of drug-likeness (QED) is 0.254. The summed E-state index contributed by atoms with van der Waals surface area (Å²) >= 11 is 0. The van der Waals surface area contributed by atoms with Gasteiger partial charge in [0.15, 0.2) is 0 Å². The maximum absolute atomic E-state index is 12.7. The molecule has 11 nitrogen and oxygen atoms in total. The minimum Gasteiger partial charge on any atom is -0.497 e. The average Bonchev–Trinajstić information content (AvgIpc) is 3.32. The van der Waals surface area contributed by atoms with E-state index in [2.05, 4.69) is 17.0 Å². The molecular weight excluding hydrogens is 482 g/mol. The molecule has 3 atom stereocenters. The molecule has 194 valence electrons. The number of benzene rings is 2. The van der Waals surface area contributed by atoms with E-state index in [0.717, 1.165) is 11.6 Å². The Balaban J connectivity index is 1.86. The summed E-state index contributed by atoms with van der Waals surface area (Å²) in [4.78, 5) is 35.0. The highest BCUT2D eigenvalue weighted by atomic mass is 16.5. The second-order valence-electron chi connectivity index (χ2n) is 8.00. The van der Waals surface area contributed by atoms with Gasteiger partial charge in [0, 0.05) is 6.07 Å². The van der Waals surface area contributed by atoms with Gasteiger partial charge in [0.25, 0.3) is 0 Å². The fourth-order valence-corrected chi connectivity index (χ4v) is 3.47. The van der Waals surface area contributed by atoms with Crippen LogP contribution in [0, 0.1) is 5.92 Å². The molecule has 0 aliphatic rings. The number of aliphatic carboxylic acids is 2. The topological polar surface area (TPSA) is 160 Å². The van der Waals surface area contributed by atoms with E-state index < -0.39 is 42.3 Å². The summed E-state index contributed by atoms with van der Waals surface area (Å²) in [6.45, 7) is 3.74. The molecule has 0 saturated carbocycles. The zero-order valence-corrected chi connectivity index (χ0v) is 20.0. The van der Waals surface area contributed by atoms with Crippen LogP contribution in [-0.2, 0) is 21.0 Å². The van der Waals surface area contributed by atoms with Gasteiger partial charge in [-0.05, 0) is 29.8 Å². The molecule has 3 aromatic rings. The van der Waals surface area contributed by atoms with Crippen molar-refractivity contribution in [1.82, 2.24) is 15.1 Å². The van der Waals surface area contributed by atoms with Crippen molar-refractivity contribution in [3.05, 3.63) is 84.6 Å². The van der Waals surface area contributed by atoms with E-state index in [0.29, 0.717) is 11.4 Å². The van der Waals surface area contributed by atoms with Crippen LogP contribution >= 0.6 is 0 Å². The molecule has 0 aliphatic heterocycles. The first-order valence-electron chi connectivity index (χ1n) is 11.2. The normalized spacial score (nSPS) is 13.1. The van der Waals surface area contributed by atoms with Gasteiger partial charge in [0.1, 0.15) is 24.5 Å². The number of aromatic nitrogens is 2. The molecule has 0 radical (unpaired) electrons. The Morgan fingerprint density at radius 3 is 2.35 bits per heavy atom. The summed E-state index contributed by atoms with van der Waals surface area (Å²) in [5.41, 5.74) is 1.56. The van der Waals surface area contributed by atoms with Gasteiger partial charge in [-0.1, -0.05) is 36.4 Å². The third-order valence-electron chi connectivity index (χ3n) is 5.44. The number of aliphatic hydroxyl groups is 1. The lowest BCUT2D eigenvalue weighted by atomic mass is 9.98. The number of hydrogen-bond acceptors (Lipinski definition) is 7. The summed E-state index contributed by atoms with van der Waals surface area (Å²) in [5, 5.41) is 35.7. The van der Waals surface area contributed by atoms with E-state index in [1.54, 1.807) is 43.5 Å². The first-order valence-corrected chi connectivity index (χ1v) is 11.2. The van der Waals surface area contributed by atoms with Gasteiger partial charge in [-0.3, -0.25) is 9.59 Å². The van der Waals surface area contributed by atoms with Crippen molar-refractivity contribution >= 4 is 17.8 Å². The number of rotatable bonds is 13. The number of carboxylic acid groups (broad SMARTS) is 2. The molecule has 1 amide bonds. The number of para-hydroxylation sites is 1. The van der Waals surface area contributed by atoms with Crippen LogP contribution in [0.5, 0.6) is 11.6 Å². The lowest BCUT2D eigenvalue weighted by Gasteiger charge is -2.20. The number of nitrogens with zero attached hydrogens (tertiary/aromatic N) is 2. The third kappa shape index (κ3) is 6.95. The standard InChI is InChI=1S/C26H27N3O8/c1-3-19(25(33)27-21(26(34)35)14-23(30)31)24(32)20-13-22(29(28-20)17-7-5-4-6-8-17)37-15-16-9-11-18(36-2)12-10-16/h3-13,19,21,24,32H,1,14-15H2,2H3,(H,27,33)(H,30,31)(H,34,35)/t19?,21?,24-/m0/s1. The average molecular weight is 510 g/mol. The minimum absolute atomic E-state index is 0.0683. The highest BCUT2D eigenvalue weighted by molar-refractivity contribution is 5.88. The molecule has 1 aromatic heterocycles. The molecule has 0 fully saturated rings. The zero-order chi connectivity index (χ0) is 26.9. The number of amides is 1. The van der Waals surface area contributed by atoms with Crippen molar-refractivity contribution in [1.29, 1.82) is 0 Å². The van der Waals surface area contributed by atoms with E-state index in [1.165, 1.54) is 10.7 Å². The first kappa shape index (κ1) is 27.0. The van der Waals surface area contributed by atoms with E-state index >= 15 is 0 Å². The molecular formula is C26H27N3O8. The number of carbonyl (C=O) groups excluding carboxylic acids is 1. The monoisotopic (exact) mass is 509 g/mol. The Labute approximate surface area is 212 Å². The summed E-state index contributed by atoms with van der Waals surface area (Å²) in [7, 11) is 1.57. The highest BCUT2D eigenvalue weighted by Crippen LogP contribution is 2.29. The van der Waals surface area contributed by atoms with E-state index in [-0.39, 0.29) is 18.2 Å². The van der Waals surface area contributed by atoms with Crippen molar-refractivity contribution in [2.45, 2.75) is 25.2 Å². The number of carboxylic acids is 2. The van der Waals surface area contributed by atoms with E-state index in [9.17, 15) is 24.6 Å². The lowest BCUT2D eigenvalue weighted by molar-refractivity contribution is -0.147. The van der Waals surface area contributed by atoms with Gasteiger partial charge in [-0.15, -0.1) is 6.58 Å². The van der Waals surface area contributed by atoms with Crippen LogP contribution < -0.4 is 14.8 Å². The predicted octanol–water partition coefficient (Wildman–Crippen LogP) is 2.34. The van der Waals surface area contributed by atoms with Crippen LogP contribution in [0.1, 0.15) is 23.8 Å². The second-order valence-corrected chi connectivity index (χ2v) is 8.00. The van der Waals surface area contributed by atoms with Crippen molar-refractivity contribution in [2.75, 3.05) is 7.11 Å². The third-order valence-corrected chi connectivity index (χ3v) is 5.44. The van der Waals surface area contributed by atoms with E-state index in [4.69, 9.17) is 14.6 Å². The molecule has 0 bridgehead atoms. The Morgan fingerprint density at radius 1 is 1.11 bits per heavy atom.